The molecule has 0 aliphatic heterocycles. The maximum atomic E-state index is 13.4. The zero-order valence-electron chi connectivity index (χ0n) is 14.6. The third kappa shape index (κ3) is 5.81. The van der Waals surface area contributed by atoms with E-state index in [1.807, 2.05) is 42.5 Å². The molecule has 0 aliphatic carbocycles. The molecule has 1 N–H and O–H groups in total. The van der Waals surface area contributed by atoms with Crippen LogP contribution in [0.15, 0.2) is 72.9 Å². The molecule has 0 unspecified atom stereocenters. The molecule has 0 radical (unpaired) electrons. The molecule has 138 valence electrons. The molecule has 0 saturated heterocycles. The first-order valence-corrected chi connectivity index (χ1v) is 8.46. The van der Waals surface area contributed by atoms with Crippen molar-refractivity contribution in [2.75, 3.05) is 6.61 Å². The molecular formula is C21H19FN2O3. The summed E-state index contributed by atoms with van der Waals surface area (Å²) in [6, 6.07) is 19.0. The van der Waals surface area contributed by atoms with Crippen molar-refractivity contribution in [3.05, 3.63) is 90.0 Å². The number of rotatable bonds is 8. The molecular weight excluding hydrogens is 347 g/mol. The normalized spacial score (nSPS) is 10.3. The Labute approximate surface area is 156 Å². The maximum Gasteiger partial charge on any atom is 0.258 e. The van der Waals surface area contributed by atoms with Crippen molar-refractivity contribution in [3.63, 3.8) is 0 Å². The summed E-state index contributed by atoms with van der Waals surface area (Å²) in [6.07, 6.45) is 1.72. The second kappa shape index (κ2) is 9.33. The van der Waals surface area contributed by atoms with Gasteiger partial charge in [-0.2, -0.15) is 0 Å². The molecule has 1 amide bonds. The number of ether oxygens (including phenoxy) is 2. The van der Waals surface area contributed by atoms with E-state index in [1.54, 1.807) is 18.3 Å². The number of carbonyl (C=O) groups excluding carboxylic acids is 1. The van der Waals surface area contributed by atoms with E-state index in [-0.39, 0.29) is 18.3 Å². The summed E-state index contributed by atoms with van der Waals surface area (Å²) >= 11 is 0. The Morgan fingerprint density at radius 3 is 2.48 bits per heavy atom. The lowest BCUT2D eigenvalue weighted by atomic mass is 10.2. The Morgan fingerprint density at radius 1 is 0.963 bits per heavy atom. The van der Waals surface area contributed by atoms with E-state index < -0.39 is 5.82 Å². The van der Waals surface area contributed by atoms with Crippen LogP contribution in [-0.2, 0) is 17.9 Å². The van der Waals surface area contributed by atoms with Crippen LogP contribution in [-0.4, -0.2) is 17.5 Å². The minimum atomic E-state index is -0.494. The molecule has 3 rings (SSSR count). The number of benzene rings is 2. The van der Waals surface area contributed by atoms with Crippen molar-refractivity contribution < 1.29 is 18.7 Å². The first kappa shape index (κ1) is 18.4. The molecule has 2 aromatic carbocycles. The highest BCUT2D eigenvalue weighted by molar-refractivity contribution is 5.77. The second-order valence-electron chi connectivity index (χ2n) is 5.75. The number of amides is 1. The fourth-order valence-corrected chi connectivity index (χ4v) is 2.30. The number of halogens is 1. The molecule has 27 heavy (non-hydrogen) atoms. The molecule has 0 aliphatic rings. The molecule has 0 bridgehead atoms. The van der Waals surface area contributed by atoms with Crippen LogP contribution < -0.4 is 14.8 Å². The molecule has 0 saturated carbocycles. The topological polar surface area (TPSA) is 60.5 Å². The minimum absolute atomic E-state index is 0.0575. The summed E-state index contributed by atoms with van der Waals surface area (Å²) in [6.45, 7) is 0.497. The average Bonchev–Trinajstić information content (AvgIpc) is 2.71. The van der Waals surface area contributed by atoms with E-state index in [0.29, 0.717) is 13.2 Å². The van der Waals surface area contributed by atoms with Crippen molar-refractivity contribution in [3.8, 4) is 11.5 Å². The van der Waals surface area contributed by atoms with Gasteiger partial charge in [-0.05, 0) is 42.0 Å². The van der Waals surface area contributed by atoms with Crippen molar-refractivity contribution in [1.29, 1.82) is 0 Å². The van der Waals surface area contributed by atoms with Crippen LogP contribution in [0.2, 0.25) is 0 Å². The third-order valence-corrected chi connectivity index (χ3v) is 3.72. The highest BCUT2D eigenvalue weighted by atomic mass is 19.1. The molecule has 0 atom stereocenters. The lowest BCUT2D eigenvalue weighted by Gasteiger charge is -2.09. The van der Waals surface area contributed by atoms with Crippen LogP contribution in [0.25, 0.3) is 0 Å². The fraction of sp³-hybridized carbons (Fsp3) is 0.143. The van der Waals surface area contributed by atoms with Crippen LogP contribution in [0.1, 0.15) is 11.3 Å². The summed E-state index contributed by atoms with van der Waals surface area (Å²) in [5.74, 6) is -0.0407. The number of nitrogens with one attached hydrogen (secondary N) is 1. The van der Waals surface area contributed by atoms with E-state index in [4.69, 9.17) is 9.47 Å². The van der Waals surface area contributed by atoms with Gasteiger partial charge < -0.3 is 14.8 Å². The standard InChI is InChI=1S/C21H19FN2O3/c22-19-6-1-2-7-20(19)27-15-21(25)24-13-16-8-10-18(11-9-16)26-14-17-5-3-4-12-23-17/h1-12H,13-15H2,(H,24,25). The van der Waals surface area contributed by atoms with Gasteiger partial charge in [-0.1, -0.05) is 30.3 Å². The van der Waals surface area contributed by atoms with Crippen molar-refractivity contribution >= 4 is 5.91 Å². The van der Waals surface area contributed by atoms with Gasteiger partial charge >= 0.3 is 0 Å². The Bertz CT molecular complexity index is 870. The van der Waals surface area contributed by atoms with Crippen LogP contribution in [0, 0.1) is 5.82 Å². The van der Waals surface area contributed by atoms with Crippen LogP contribution in [0.5, 0.6) is 11.5 Å². The largest absolute Gasteiger partial charge is 0.487 e. The van der Waals surface area contributed by atoms with Crippen molar-refractivity contribution in [2.24, 2.45) is 0 Å². The zero-order valence-corrected chi connectivity index (χ0v) is 14.6. The molecule has 1 aromatic heterocycles. The molecule has 3 aromatic rings. The van der Waals surface area contributed by atoms with Gasteiger partial charge in [0.15, 0.2) is 18.2 Å². The van der Waals surface area contributed by atoms with Gasteiger partial charge in [-0.15, -0.1) is 0 Å². The number of para-hydroxylation sites is 1. The van der Waals surface area contributed by atoms with E-state index >= 15 is 0 Å². The van der Waals surface area contributed by atoms with Crippen molar-refractivity contribution in [1.82, 2.24) is 10.3 Å². The lowest BCUT2D eigenvalue weighted by Crippen LogP contribution is -2.28. The molecule has 6 heteroatoms. The highest BCUT2D eigenvalue weighted by Gasteiger charge is 2.06. The quantitative estimate of drug-likeness (QED) is 0.663. The maximum absolute atomic E-state index is 13.4. The molecule has 0 fully saturated rings. The lowest BCUT2D eigenvalue weighted by molar-refractivity contribution is -0.123. The molecule has 0 spiro atoms. The van der Waals surface area contributed by atoms with E-state index in [2.05, 4.69) is 10.3 Å². The summed E-state index contributed by atoms with van der Waals surface area (Å²) in [5, 5.41) is 2.73. The summed E-state index contributed by atoms with van der Waals surface area (Å²) in [5.41, 5.74) is 1.77. The number of nitrogens with zero attached hydrogens (tertiary/aromatic N) is 1. The molecule has 5 nitrogen and oxygen atoms in total. The summed E-state index contributed by atoms with van der Waals surface area (Å²) in [4.78, 5) is 16.0. The SMILES string of the molecule is O=C(COc1ccccc1F)NCc1ccc(OCc2ccccn2)cc1. The fourth-order valence-electron chi connectivity index (χ4n) is 2.30. The number of pyridine rings is 1. The van der Waals surface area contributed by atoms with Gasteiger partial charge in [0.25, 0.3) is 5.91 Å². The predicted octanol–water partition coefficient (Wildman–Crippen LogP) is 3.49. The van der Waals surface area contributed by atoms with Gasteiger partial charge in [0.05, 0.1) is 5.69 Å². The first-order valence-electron chi connectivity index (χ1n) is 8.46. The smallest absolute Gasteiger partial charge is 0.258 e. The number of hydrogen-bond acceptors (Lipinski definition) is 4. The van der Waals surface area contributed by atoms with Gasteiger partial charge in [0.1, 0.15) is 12.4 Å². The predicted molar refractivity (Wildman–Crippen MR) is 98.8 cm³/mol. The number of hydrogen-bond donors (Lipinski definition) is 1. The zero-order chi connectivity index (χ0) is 18.9. The first-order chi connectivity index (χ1) is 13.2. The van der Waals surface area contributed by atoms with Gasteiger partial charge in [0, 0.05) is 12.7 Å². The monoisotopic (exact) mass is 366 g/mol. The summed E-state index contributed by atoms with van der Waals surface area (Å²) in [7, 11) is 0. The van der Waals surface area contributed by atoms with E-state index in [0.717, 1.165) is 17.0 Å². The van der Waals surface area contributed by atoms with Crippen molar-refractivity contribution in [2.45, 2.75) is 13.2 Å². The van der Waals surface area contributed by atoms with Crippen LogP contribution in [0.4, 0.5) is 4.39 Å². The highest BCUT2D eigenvalue weighted by Crippen LogP contribution is 2.15. The Kier molecular flexibility index (Phi) is 6.35. The minimum Gasteiger partial charge on any atom is -0.487 e. The number of carbonyl (C=O) groups is 1. The number of aromatic nitrogens is 1. The van der Waals surface area contributed by atoms with E-state index in [1.165, 1.54) is 12.1 Å². The van der Waals surface area contributed by atoms with Crippen LogP contribution in [0.3, 0.4) is 0 Å². The van der Waals surface area contributed by atoms with Gasteiger partial charge in [0.2, 0.25) is 0 Å². The third-order valence-electron chi connectivity index (χ3n) is 3.72. The Balaban J connectivity index is 1.41. The average molecular weight is 366 g/mol. The Hall–Kier alpha value is -3.41. The van der Waals surface area contributed by atoms with Crippen LogP contribution >= 0.6 is 0 Å². The van der Waals surface area contributed by atoms with Gasteiger partial charge in [-0.3, -0.25) is 9.78 Å². The Morgan fingerprint density at radius 2 is 1.74 bits per heavy atom. The second-order valence-corrected chi connectivity index (χ2v) is 5.75. The molecule has 1 heterocycles. The van der Waals surface area contributed by atoms with E-state index in [9.17, 15) is 9.18 Å². The van der Waals surface area contributed by atoms with Gasteiger partial charge in [-0.25, -0.2) is 4.39 Å². The summed E-state index contributed by atoms with van der Waals surface area (Å²) < 4.78 is 24.3.